The second-order valence-corrected chi connectivity index (χ2v) is 5.14. The fourth-order valence-electron chi connectivity index (χ4n) is 1.20. The first-order valence-electron chi connectivity index (χ1n) is 4.69. The maximum absolute atomic E-state index is 11.2. The first-order valence-corrected chi connectivity index (χ1v) is 6.39. The average Bonchev–Trinajstić information content (AvgIpc) is 2.96. The smallest absolute Gasteiger partial charge is 0.348 e. The molecule has 2 nitrogen and oxygen atoms in total. The molecule has 0 bridgehead atoms. The highest BCUT2D eigenvalue weighted by atomic mass is 32.1. The highest BCUT2D eigenvalue weighted by Crippen LogP contribution is 2.20. The monoisotopic (exact) mass is 250 g/mol. The molecule has 0 amide bonds. The van der Waals surface area contributed by atoms with Crippen LogP contribution in [0.15, 0.2) is 29.6 Å². The van der Waals surface area contributed by atoms with Gasteiger partial charge in [-0.15, -0.1) is 22.7 Å². The van der Waals surface area contributed by atoms with Crippen LogP contribution in [-0.2, 0) is 4.74 Å². The third-order valence-electron chi connectivity index (χ3n) is 1.97. The number of carbonyl (C=O) groups excluding carboxylic acids is 1. The molecule has 82 valence electrons. The Morgan fingerprint density at radius 3 is 2.75 bits per heavy atom. The van der Waals surface area contributed by atoms with Crippen molar-refractivity contribution in [2.75, 3.05) is 7.11 Å². The molecule has 0 aromatic carbocycles. The summed E-state index contributed by atoms with van der Waals surface area (Å²) in [6, 6.07) is 7.76. The third-order valence-corrected chi connectivity index (χ3v) is 3.84. The molecule has 0 N–H and O–H groups in total. The van der Waals surface area contributed by atoms with Gasteiger partial charge in [-0.25, -0.2) is 4.79 Å². The van der Waals surface area contributed by atoms with Crippen LogP contribution in [0.1, 0.15) is 19.4 Å². The standard InChI is InChI=1S/C12H10O2S2/c1-14-12(13)11-7-6-10(16-11)5-4-9-3-2-8-15-9/h2-8H,1H3/b5-4+. The molecule has 0 atom stereocenters. The quantitative estimate of drug-likeness (QED) is 0.775. The van der Waals surface area contributed by atoms with Crippen molar-refractivity contribution in [3.05, 3.63) is 44.3 Å². The Labute approximate surface area is 102 Å². The van der Waals surface area contributed by atoms with Crippen molar-refractivity contribution in [3.63, 3.8) is 0 Å². The molecule has 0 unspecified atom stereocenters. The molecule has 16 heavy (non-hydrogen) atoms. The lowest BCUT2D eigenvalue weighted by Crippen LogP contribution is -1.96. The Kier molecular flexibility index (Phi) is 3.54. The largest absolute Gasteiger partial charge is 0.465 e. The number of carbonyl (C=O) groups is 1. The van der Waals surface area contributed by atoms with Gasteiger partial charge in [-0.2, -0.15) is 0 Å². The van der Waals surface area contributed by atoms with Crippen LogP contribution in [0.3, 0.4) is 0 Å². The fourth-order valence-corrected chi connectivity index (χ4v) is 2.65. The SMILES string of the molecule is COC(=O)c1ccc(/C=C/c2cccs2)s1. The van der Waals surface area contributed by atoms with E-state index in [0.29, 0.717) is 4.88 Å². The van der Waals surface area contributed by atoms with Gasteiger partial charge >= 0.3 is 5.97 Å². The molecule has 0 saturated heterocycles. The number of hydrogen-bond acceptors (Lipinski definition) is 4. The van der Waals surface area contributed by atoms with Crippen LogP contribution in [-0.4, -0.2) is 13.1 Å². The zero-order valence-corrected chi connectivity index (χ0v) is 10.3. The van der Waals surface area contributed by atoms with E-state index in [2.05, 4.69) is 10.8 Å². The van der Waals surface area contributed by atoms with Gasteiger partial charge in [0.25, 0.3) is 0 Å². The van der Waals surface area contributed by atoms with E-state index in [4.69, 9.17) is 0 Å². The second-order valence-electron chi connectivity index (χ2n) is 3.04. The summed E-state index contributed by atoms with van der Waals surface area (Å²) < 4.78 is 4.65. The van der Waals surface area contributed by atoms with Gasteiger partial charge in [0.2, 0.25) is 0 Å². The molecule has 0 saturated carbocycles. The number of thiophene rings is 2. The summed E-state index contributed by atoms with van der Waals surface area (Å²) in [6.45, 7) is 0. The minimum absolute atomic E-state index is 0.277. The van der Waals surface area contributed by atoms with E-state index in [9.17, 15) is 4.79 Å². The summed E-state index contributed by atoms with van der Waals surface area (Å²) >= 11 is 3.12. The van der Waals surface area contributed by atoms with Crippen LogP contribution < -0.4 is 0 Å². The third kappa shape index (κ3) is 2.59. The Morgan fingerprint density at radius 2 is 2.06 bits per heavy atom. The van der Waals surface area contributed by atoms with E-state index in [1.54, 1.807) is 17.4 Å². The Bertz CT molecular complexity index is 495. The Hall–Kier alpha value is -1.39. The zero-order chi connectivity index (χ0) is 11.4. The maximum atomic E-state index is 11.2. The molecule has 0 aliphatic carbocycles. The summed E-state index contributed by atoms with van der Waals surface area (Å²) in [6.07, 6.45) is 4.04. The summed E-state index contributed by atoms with van der Waals surface area (Å²) in [5.74, 6) is -0.277. The molecular weight excluding hydrogens is 240 g/mol. The molecule has 0 radical (unpaired) electrons. The van der Waals surface area contributed by atoms with Gasteiger partial charge in [-0.1, -0.05) is 6.07 Å². The summed E-state index contributed by atoms with van der Waals surface area (Å²) in [7, 11) is 1.39. The first-order chi connectivity index (χ1) is 7.79. The van der Waals surface area contributed by atoms with E-state index in [-0.39, 0.29) is 5.97 Å². The molecule has 0 aliphatic heterocycles. The van der Waals surface area contributed by atoms with E-state index < -0.39 is 0 Å². The highest BCUT2D eigenvalue weighted by Gasteiger charge is 2.07. The molecule has 2 aromatic heterocycles. The van der Waals surface area contributed by atoms with Crippen LogP contribution in [0.2, 0.25) is 0 Å². The molecule has 2 heterocycles. The number of methoxy groups -OCH3 is 1. The van der Waals surface area contributed by atoms with Gasteiger partial charge in [0, 0.05) is 9.75 Å². The molecular formula is C12H10O2S2. The molecule has 0 aliphatic rings. The number of hydrogen-bond donors (Lipinski definition) is 0. The minimum Gasteiger partial charge on any atom is -0.465 e. The first kappa shape index (κ1) is 11.1. The number of rotatable bonds is 3. The van der Waals surface area contributed by atoms with Gasteiger partial charge in [-0.3, -0.25) is 0 Å². The normalized spacial score (nSPS) is 10.8. The summed E-state index contributed by atoms with van der Waals surface area (Å²) in [5.41, 5.74) is 0. The lowest BCUT2D eigenvalue weighted by atomic mass is 10.3. The number of ether oxygens (including phenoxy) is 1. The minimum atomic E-state index is -0.277. The molecule has 4 heteroatoms. The van der Waals surface area contributed by atoms with Gasteiger partial charge in [-0.05, 0) is 35.7 Å². The summed E-state index contributed by atoms with van der Waals surface area (Å²) in [5, 5.41) is 2.04. The van der Waals surface area contributed by atoms with Crippen molar-refractivity contribution >= 4 is 40.8 Å². The van der Waals surface area contributed by atoms with Crippen molar-refractivity contribution in [2.24, 2.45) is 0 Å². The zero-order valence-electron chi connectivity index (χ0n) is 8.67. The molecule has 2 rings (SSSR count). The summed E-state index contributed by atoms with van der Waals surface area (Å²) in [4.78, 5) is 14.1. The Morgan fingerprint density at radius 1 is 1.25 bits per heavy atom. The predicted octanol–water partition coefficient (Wildman–Crippen LogP) is 3.77. The molecule has 0 fully saturated rings. The Balaban J connectivity index is 2.11. The van der Waals surface area contributed by atoms with Crippen molar-refractivity contribution in [1.82, 2.24) is 0 Å². The fraction of sp³-hybridized carbons (Fsp3) is 0.0833. The van der Waals surface area contributed by atoms with Gasteiger partial charge in [0.15, 0.2) is 0 Å². The van der Waals surface area contributed by atoms with Crippen LogP contribution in [0.4, 0.5) is 0 Å². The van der Waals surface area contributed by atoms with Crippen LogP contribution in [0.5, 0.6) is 0 Å². The topological polar surface area (TPSA) is 26.3 Å². The van der Waals surface area contributed by atoms with Gasteiger partial charge in [0.05, 0.1) is 7.11 Å². The van der Waals surface area contributed by atoms with Gasteiger partial charge in [0.1, 0.15) is 4.88 Å². The molecule has 2 aromatic rings. The van der Waals surface area contributed by atoms with Gasteiger partial charge < -0.3 is 4.74 Å². The maximum Gasteiger partial charge on any atom is 0.348 e. The van der Waals surface area contributed by atoms with Crippen molar-refractivity contribution in [2.45, 2.75) is 0 Å². The second kappa shape index (κ2) is 5.09. The average molecular weight is 250 g/mol. The number of esters is 1. The lowest BCUT2D eigenvalue weighted by Gasteiger charge is -1.91. The van der Waals surface area contributed by atoms with E-state index in [1.165, 1.54) is 23.3 Å². The predicted molar refractivity (Wildman–Crippen MR) is 68.9 cm³/mol. The van der Waals surface area contributed by atoms with Crippen molar-refractivity contribution < 1.29 is 9.53 Å². The van der Waals surface area contributed by atoms with E-state index in [0.717, 1.165) is 4.88 Å². The molecule has 0 spiro atoms. The lowest BCUT2D eigenvalue weighted by molar-refractivity contribution is 0.0606. The van der Waals surface area contributed by atoms with E-state index >= 15 is 0 Å². The highest BCUT2D eigenvalue weighted by molar-refractivity contribution is 7.15. The van der Waals surface area contributed by atoms with Crippen LogP contribution >= 0.6 is 22.7 Å². The van der Waals surface area contributed by atoms with Crippen molar-refractivity contribution in [3.8, 4) is 0 Å². The van der Waals surface area contributed by atoms with Crippen LogP contribution in [0.25, 0.3) is 12.2 Å². The van der Waals surface area contributed by atoms with Crippen LogP contribution in [0, 0.1) is 0 Å². The van der Waals surface area contributed by atoms with E-state index in [1.807, 2.05) is 29.7 Å². The van der Waals surface area contributed by atoms with Crippen molar-refractivity contribution in [1.29, 1.82) is 0 Å².